The van der Waals surface area contributed by atoms with Gasteiger partial charge in [-0.25, -0.2) is 4.79 Å². The summed E-state index contributed by atoms with van der Waals surface area (Å²) in [7, 11) is 0. The second-order valence-electron chi connectivity index (χ2n) is 16.8. The van der Waals surface area contributed by atoms with Crippen molar-refractivity contribution < 1.29 is 63.5 Å². The molecule has 0 aromatic carbocycles. The van der Waals surface area contributed by atoms with Gasteiger partial charge in [0.15, 0.2) is 12.6 Å². The first-order chi connectivity index (χ1) is 23.7. The SMILES string of the molecule is CC(=O)O[C@H]1C[C@H](O[C@H]2CC[C@@]3(C)[C@H](CC[C@@H]4[C@@H]3CC[C@]3(C)[C@@H](C5=CC(=O)OC5)CC[C@]43O)C2)O[C@H](C)[C@H]1O[C@@H]1O[C@H](CO)[C@@H](O)[C@H](O)[C@H]1O. The summed E-state index contributed by atoms with van der Waals surface area (Å²) < 4.78 is 35.4. The van der Waals surface area contributed by atoms with Gasteiger partial charge in [0.1, 0.15) is 43.2 Å². The molecular formula is C37H56O13. The molecule has 7 aliphatic rings. The van der Waals surface area contributed by atoms with E-state index in [1.807, 2.05) is 0 Å². The second-order valence-corrected chi connectivity index (χ2v) is 16.8. The van der Waals surface area contributed by atoms with E-state index >= 15 is 0 Å². The number of cyclic esters (lactones) is 1. The molecule has 0 radical (unpaired) electrons. The van der Waals surface area contributed by atoms with Crippen LogP contribution < -0.4 is 0 Å². The number of hydrogen-bond donors (Lipinski definition) is 5. The maximum atomic E-state index is 12.5. The minimum absolute atomic E-state index is 0.0534. The summed E-state index contributed by atoms with van der Waals surface area (Å²) >= 11 is 0. The third-order valence-electron chi connectivity index (χ3n) is 14.4. The molecule has 3 heterocycles. The fraction of sp³-hybridized carbons (Fsp3) is 0.892. The molecule has 13 nitrogen and oxygen atoms in total. The predicted molar refractivity (Wildman–Crippen MR) is 174 cm³/mol. The lowest BCUT2D eigenvalue weighted by Gasteiger charge is -2.64. The molecule has 13 heteroatoms. The third kappa shape index (κ3) is 6.06. The molecule has 0 aromatic heterocycles. The Bertz CT molecular complexity index is 1320. The monoisotopic (exact) mass is 708 g/mol. The van der Waals surface area contributed by atoms with Crippen LogP contribution in [-0.2, 0) is 38.0 Å². The van der Waals surface area contributed by atoms with Gasteiger partial charge in [-0.3, -0.25) is 4.79 Å². The number of carbonyl (C=O) groups excluding carboxylic acids is 2. The average Bonchev–Trinajstić information content (AvgIpc) is 3.61. The molecule has 6 fully saturated rings. The standard InChI is InChI=1S/C37H56O13/c1-18-33(50-34-32(43)31(42)30(41)27(16-38)49-34)26(47-19(2)39)15-29(46-18)48-22-7-10-35(3)21(14-22)5-6-25-24(35)8-11-36(4)23(9-12-37(25,36)44)20-13-28(40)45-17-20/h13,18,21-27,29-34,38,41-44H,5-12,14-17H2,1-4H3/t18-,21-,22+,23-,24+,25-,26+,27-,29+,30-,31+,32-,33-,34+,35+,36-,37+/m1/s1. The molecule has 17 atom stereocenters. The van der Waals surface area contributed by atoms with Crippen molar-refractivity contribution in [1.82, 2.24) is 0 Å². The average molecular weight is 709 g/mol. The Labute approximate surface area is 293 Å². The molecule has 0 aromatic rings. The van der Waals surface area contributed by atoms with Crippen LogP contribution in [0, 0.1) is 34.5 Å². The van der Waals surface area contributed by atoms with Crippen molar-refractivity contribution in [3.8, 4) is 0 Å². The Morgan fingerprint density at radius 3 is 2.42 bits per heavy atom. The topological polar surface area (TPSA) is 191 Å². The first-order valence-corrected chi connectivity index (χ1v) is 18.7. The molecule has 3 aliphatic heterocycles. The number of rotatable bonds is 7. The molecule has 7 rings (SSSR count). The summed E-state index contributed by atoms with van der Waals surface area (Å²) in [5.41, 5.74) is 0.0939. The van der Waals surface area contributed by atoms with E-state index in [1.54, 1.807) is 13.0 Å². The number of carbonyl (C=O) groups is 2. The van der Waals surface area contributed by atoms with Crippen LogP contribution in [0.1, 0.15) is 91.9 Å². The first kappa shape index (κ1) is 36.7. The fourth-order valence-corrected chi connectivity index (χ4v) is 11.7. The molecule has 50 heavy (non-hydrogen) atoms. The number of fused-ring (bicyclic) bond motifs is 5. The number of ether oxygens (including phenoxy) is 6. The molecule has 0 amide bonds. The van der Waals surface area contributed by atoms with Gasteiger partial charge >= 0.3 is 11.9 Å². The molecule has 0 spiro atoms. The van der Waals surface area contributed by atoms with Gasteiger partial charge in [0, 0.05) is 24.8 Å². The van der Waals surface area contributed by atoms with E-state index in [4.69, 9.17) is 28.4 Å². The molecule has 2 saturated heterocycles. The fourth-order valence-electron chi connectivity index (χ4n) is 11.7. The van der Waals surface area contributed by atoms with Crippen LogP contribution >= 0.6 is 0 Å². The summed E-state index contributed by atoms with van der Waals surface area (Å²) in [6.45, 7) is 7.48. The van der Waals surface area contributed by atoms with E-state index in [0.29, 0.717) is 18.4 Å². The quantitative estimate of drug-likeness (QED) is 0.191. The first-order valence-electron chi connectivity index (χ1n) is 18.7. The van der Waals surface area contributed by atoms with Crippen LogP contribution in [0.2, 0.25) is 0 Å². The van der Waals surface area contributed by atoms with Crippen molar-refractivity contribution in [1.29, 1.82) is 0 Å². The van der Waals surface area contributed by atoms with Gasteiger partial charge < -0.3 is 54.0 Å². The maximum Gasteiger partial charge on any atom is 0.331 e. The van der Waals surface area contributed by atoms with Gasteiger partial charge in [-0.1, -0.05) is 13.8 Å². The molecule has 4 aliphatic carbocycles. The molecule has 282 valence electrons. The zero-order valence-corrected chi connectivity index (χ0v) is 29.6. The Morgan fingerprint density at radius 1 is 0.940 bits per heavy atom. The van der Waals surface area contributed by atoms with E-state index in [2.05, 4.69) is 13.8 Å². The lowest BCUT2D eigenvalue weighted by molar-refractivity contribution is -0.344. The van der Waals surface area contributed by atoms with Crippen molar-refractivity contribution in [3.63, 3.8) is 0 Å². The summed E-state index contributed by atoms with van der Waals surface area (Å²) in [5.74, 6) is 0.451. The van der Waals surface area contributed by atoms with Crippen LogP contribution in [0.4, 0.5) is 0 Å². The number of aliphatic hydroxyl groups excluding tert-OH is 4. The van der Waals surface area contributed by atoms with Gasteiger partial charge in [0.05, 0.1) is 24.4 Å². The molecule has 0 unspecified atom stereocenters. The Morgan fingerprint density at radius 2 is 1.72 bits per heavy atom. The van der Waals surface area contributed by atoms with Crippen molar-refractivity contribution in [2.45, 2.75) is 159 Å². The van der Waals surface area contributed by atoms with Crippen LogP contribution in [0.5, 0.6) is 0 Å². The van der Waals surface area contributed by atoms with Crippen LogP contribution in [-0.4, -0.2) is 118 Å². The molecule has 5 N–H and O–H groups in total. The highest BCUT2D eigenvalue weighted by atomic mass is 16.7. The van der Waals surface area contributed by atoms with E-state index in [0.717, 1.165) is 63.4 Å². The number of esters is 2. The van der Waals surface area contributed by atoms with Crippen LogP contribution in [0.3, 0.4) is 0 Å². The summed E-state index contributed by atoms with van der Waals surface area (Å²) in [4.78, 5) is 24.0. The van der Waals surface area contributed by atoms with Gasteiger partial charge in [-0.05, 0) is 99.4 Å². The highest BCUT2D eigenvalue weighted by molar-refractivity contribution is 5.85. The van der Waals surface area contributed by atoms with E-state index in [1.165, 1.54) is 6.92 Å². The van der Waals surface area contributed by atoms with E-state index in [-0.39, 0.29) is 41.2 Å². The Hall–Kier alpha value is -1.68. The second kappa shape index (κ2) is 13.6. The number of hydrogen-bond acceptors (Lipinski definition) is 13. The predicted octanol–water partition coefficient (Wildman–Crippen LogP) is 1.88. The minimum atomic E-state index is -1.60. The highest BCUT2D eigenvalue weighted by Crippen LogP contribution is 2.70. The van der Waals surface area contributed by atoms with Crippen molar-refractivity contribution in [2.75, 3.05) is 13.2 Å². The van der Waals surface area contributed by atoms with Gasteiger partial charge in [0.2, 0.25) is 0 Å². The minimum Gasteiger partial charge on any atom is -0.459 e. The summed E-state index contributed by atoms with van der Waals surface area (Å²) in [5, 5.41) is 53.1. The van der Waals surface area contributed by atoms with Crippen molar-refractivity contribution >= 4 is 11.9 Å². The normalized spacial score (nSPS) is 51.9. The lowest BCUT2D eigenvalue weighted by Crippen LogP contribution is -2.62. The van der Waals surface area contributed by atoms with Crippen molar-refractivity contribution in [3.05, 3.63) is 11.6 Å². The zero-order chi connectivity index (χ0) is 35.7. The smallest absolute Gasteiger partial charge is 0.331 e. The van der Waals surface area contributed by atoms with Gasteiger partial charge in [-0.2, -0.15) is 0 Å². The Kier molecular flexibility index (Phi) is 9.99. The highest BCUT2D eigenvalue weighted by Gasteiger charge is 2.68. The number of aliphatic hydroxyl groups is 5. The summed E-state index contributed by atoms with van der Waals surface area (Å²) in [6.07, 6.45) is -0.133. The third-order valence-corrected chi connectivity index (χ3v) is 14.4. The maximum absolute atomic E-state index is 12.5. The van der Waals surface area contributed by atoms with Gasteiger partial charge in [-0.15, -0.1) is 0 Å². The molecule has 0 bridgehead atoms. The van der Waals surface area contributed by atoms with E-state index < -0.39 is 73.5 Å². The van der Waals surface area contributed by atoms with E-state index in [9.17, 15) is 35.1 Å². The zero-order valence-electron chi connectivity index (χ0n) is 29.6. The molecule has 4 saturated carbocycles. The van der Waals surface area contributed by atoms with Crippen molar-refractivity contribution in [2.24, 2.45) is 34.5 Å². The lowest BCUT2D eigenvalue weighted by atomic mass is 9.43. The largest absolute Gasteiger partial charge is 0.459 e. The van der Waals surface area contributed by atoms with Gasteiger partial charge in [0.25, 0.3) is 0 Å². The summed E-state index contributed by atoms with van der Waals surface area (Å²) in [6, 6.07) is 0. The Balaban J connectivity index is 0.991. The van der Waals surface area contributed by atoms with Crippen LogP contribution in [0.15, 0.2) is 11.6 Å². The molecular weight excluding hydrogens is 652 g/mol. The van der Waals surface area contributed by atoms with Crippen LogP contribution in [0.25, 0.3) is 0 Å².